The zero-order chi connectivity index (χ0) is 19.2. The molecule has 0 bridgehead atoms. The number of aryl methyl sites for hydroxylation is 2. The highest BCUT2D eigenvalue weighted by atomic mass is 16.2. The summed E-state index contributed by atoms with van der Waals surface area (Å²) in [5.41, 5.74) is 5.14. The molecule has 4 nitrogen and oxygen atoms in total. The van der Waals surface area contributed by atoms with Crippen LogP contribution >= 0.6 is 0 Å². The van der Waals surface area contributed by atoms with Crippen molar-refractivity contribution in [1.29, 1.82) is 0 Å². The van der Waals surface area contributed by atoms with Gasteiger partial charge in [0.25, 0.3) is 11.8 Å². The van der Waals surface area contributed by atoms with Gasteiger partial charge in [-0.15, -0.1) is 0 Å². The molecule has 0 heterocycles. The predicted octanol–water partition coefficient (Wildman–Crippen LogP) is 4.49. The molecule has 136 valence electrons. The van der Waals surface area contributed by atoms with E-state index in [4.69, 9.17) is 0 Å². The first-order valence-corrected chi connectivity index (χ1v) is 8.84. The summed E-state index contributed by atoms with van der Waals surface area (Å²) in [4.78, 5) is 24.5. The molecule has 0 spiro atoms. The van der Waals surface area contributed by atoms with Crippen LogP contribution in [0.2, 0.25) is 0 Å². The molecule has 0 unspecified atom stereocenters. The van der Waals surface area contributed by atoms with Gasteiger partial charge in [-0.1, -0.05) is 48.0 Å². The Morgan fingerprint density at radius 2 is 1.44 bits per heavy atom. The largest absolute Gasteiger partial charge is 0.348 e. The average Bonchev–Trinajstić information content (AvgIpc) is 2.69. The zero-order valence-electron chi connectivity index (χ0n) is 15.5. The van der Waals surface area contributed by atoms with Crippen LogP contribution in [0.5, 0.6) is 0 Å². The minimum absolute atomic E-state index is 0.118. The maximum atomic E-state index is 12.4. The van der Waals surface area contributed by atoms with E-state index >= 15 is 0 Å². The number of amides is 2. The third-order valence-electron chi connectivity index (χ3n) is 4.34. The molecular formula is C23H22N2O2. The summed E-state index contributed by atoms with van der Waals surface area (Å²) in [5, 5.41) is 5.81. The number of carbonyl (C=O) groups excluding carboxylic acids is 2. The normalized spacial score (nSPS) is 10.3. The number of nitrogens with one attached hydrogen (secondary N) is 2. The third-order valence-corrected chi connectivity index (χ3v) is 4.34. The molecule has 0 aromatic heterocycles. The number of rotatable bonds is 5. The Morgan fingerprint density at radius 3 is 2.11 bits per heavy atom. The van der Waals surface area contributed by atoms with Crippen LogP contribution in [-0.4, -0.2) is 11.8 Å². The smallest absolute Gasteiger partial charge is 0.255 e. The molecule has 0 saturated carbocycles. The lowest BCUT2D eigenvalue weighted by molar-refractivity contribution is 0.0950. The van der Waals surface area contributed by atoms with Gasteiger partial charge in [0.05, 0.1) is 0 Å². The maximum absolute atomic E-state index is 12.4. The van der Waals surface area contributed by atoms with Crippen molar-refractivity contribution in [2.24, 2.45) is 0 Å². The molecule has 0 saturated heterocycles. The van der Waals surface area contributed by atoms with Crippen LogP contribution in [0.25, 0.3) is 0 Å². The van der Waals surface area contributed by atoms with Crippen molar-refractivity contribution < 1.29 is 9.59 Å². The number of hydrogen-bond acceptors (Lipinski definition) is 2. The molecule has 2 amide bonds. The monoisotopic (exact) mass is 358 g/mol. The van der Waals surface area contributed by atoms with E-state index in [2.05, 4.69) is 10.6 Å². The topological polar surface area (TPSA) is 58.2 Å². The van der Waals surface area contributed by atoms with Gasteiger partial charge in [-0.25, -0.2) is 0 Å². The fourth-order valence-corrected chi connectivity index (χ4v) is 2.80. The fraction of sp³-hybridized carbons (Fsp3) is 0.130. The Labute approximate surface area is 159 Å². The van der Waals surface area contributed by atoms with E-state index in [1.54, 1.807) is 24.3 Å². The van der Waals surface area contributed by atoms with Crippen LogP contribution in [0.15, 0.2) is 72.8 Å². The molecule has 4 heteroatoms. The van der Waals surface area contributed by atoms with Crippen LogP contribution in [0.3, 0.4) is 0 Å². The molecule has 0 aliphatic rings. The van der Waals surface area contributed by atoms with Crippen LogP contribution in [0.4, 0.5) is 5.69 Å². The summed E-state index contributed by atoms with van der Waals surface area (Å²) in [5.74, 6) is -0.269. The highest BCUT2D eigenvalue weighted by molar-refractivity contribution is 6.04. The standard InChI is InChI=1S/C23H22N2O2/c1-16-8-13-21(17(2)14-16)25-23(27)20-11-9-18(10-12-20)15-24-22(26)19-6-4-3-5-7-19/h3-14H,15H2,1-2H3,(H,24,26)(H,25,27). The van der Waals surface area contributed by atoms with Gasteiger partial charge in [0.1, 0.15) is 0 Å². The highest BCUT2D eigenvalue weighted by Crippen LogP contribution is 2.17. The van der Waals surface area contributed by atoms with Gasteiger partial charge in [0, 0.05) is 23.4 Å². The van der Waals surface area contributed by atoms with E-state index in [0.29, 0.717) is 17.7 Å². The highest BCUT2D eigenvalue weighted by Gasteiger charge is 2.09. The van der Waals surface area contributed by atoms with E-state index in [9.17, 15) is 9.59 Å². The summed E-state index contributed by atoms with van der Waals surface area (Å²) in [6, 6.07) is 22.2. The summed E-state index contributed by atoms with van der Waals surface area (Å²) in [6.45, 7) is 4.40. The second kappa shape index (κ2) is 8.32. The van der Waals surface area contributed by atoms with Crippen molar-refractivity contribution in [2.75, 3.05) is 5.32 Å². The van der Waals surface area contributed by atoms with Crippen LogP contribution in [-0.2, 0) is 6.54 Å². The van der Waals surface area contributed by atoms with E-state index < -0.39 is 0 Å². The number of anilines is 1. The van der Waals surface area contributed by atoms with Crippen molar-refractivity contribution in [3.05, 3.63) is 101 Å². The van der Waals surface area contributed by atoms with Crippen molar-refractivity contribution >= 4 is 17.5 Å². The second-order valence-corrected chi connectivity index (χ2v) is 6.52. The van der Waals surface area contributed by atoms with Gasteiger partial charge in [-0.05, 0) is 55.3 Å². The zero-order valence-corrected chi connectivity index (χ0v) is 15.5. The maximum Gasteiger partial charge on any atom is 0.255 e. The minimum atomic E-state index is -0.151. The SMILES string of the molecule is Cc1ccc(NC(=O)c2ccc(CNC(=O)c3ccccc3)cc2)c(C)c1. The van der Waals surface area contributed by atoms with Crippen LogP contribution in [0, 0.1) is 13.8 Å². The van der Waals surface area contributed by atoms with Gasteiger partial charge in [-0.2, -0.15) is 0 Å². The molecule has 0 aliphatic heterocycles. The van der Waals surface area contributed by atoms with Crippen LogP contribution in [0.1, 0.15) is 37.4 Å². The predicted molar refractivity (Wildman–Crippen MR) is 108 cm³/mol. The first-order valence-electron chi connectivity index (χ1n) is 8.84. The van der Waals surface area contributed by atoms with E-state index in [1.165, 1.54) is 0 Å². The lowest BCUT2D eigenvalue weighted by atomic mass is 10.1. The van der Waals surface area contributed by atoms with E-state index in [0.717, 1.165) is 22.4 Å². The summed E-state index contributed by atoms with van der Waals surface area (Å²) >= 11 is 0. The van der Waals surface area contributed by atoms with Gasteiger partial charge in [0.2, 0.25) is 0 Å². The third kappa shape index (κ3) is 4.82. The molecule has 0 radical (unpaired) electrons. The quantitative estimate of drug-likeness (QED) is 0.706. The molecule has 0 atom stereocenters. The van der Waals surface area contributed by atoms with Gasteiger partial charge in [-0.3, -0.25) is 9.59 Å². The Morgan fingerprint density at radius 1 is 0.778 bits per heavy atom. The minimum Gasteiger partial charge on any atom is -0.348 e. The Kier molecular flexibility index (Phi) is 5.67. The van der Waals surface area contributed by atoms with Crippen molar-refractivity contribution in [1.82, 2.24) is 5.32 Å². The number of benzene rings is 3. The second-order valence-electron chi connectivity index (χ2n) is 6.52. The summed E-state index contributed by atoms with van der Waals surface area (Å²) in [7, 11) is 0. The lowest BCUT2D eigenvalue weighted by Gasteiger charge is -2.10. The molecule has 3 aromatic carbocycles. The van der Waals surface area contributed by atoms with E-state index in [-0.39, 0.29) is 11.8 Å². The van der Waals surface area contributed by atoms with Gasteiger partial charge in [0.15, 0.2) is 0 Å². The Bertz CT molecular complexity index is 948. The Hall–Kier alpha value is -3.40. The van der Waals surface area contributed by atoms with Crippen LogP contribution < -0.4 is 10.6 Å². The first-order chi connectivity index (χ1) is 13.0. The fourth-order valence-electron chi connectivity index (χ4n) is 2.80. The molecule has 0 aliphatic carbocycles. The molecular weight excluding hydrogens is 336 g/mol. The first kappa shape index (κ1) is 18.4. The molecule has 3 aromatic rings. The Balaban J connectivity index is 1.59. The van der Waals surface area contributed by atoms with Crippen molar-refractivity contribution in [3.8, 4) is 0 Å². The number of hydrogen-bond donors (Lipinski definition) is 2. The average molecular weight is 358 g/mol. The van der Waals surface area contributed by atoms with Gasteiger partial charge >= 0.3 is 0 Å². The van der Waals surface area contributed by atoms with Crippen molar-refractivity contribution in [2.45, 2.75) is 20.4 Å². The van der Waals surface area contributed by atoms with Crippen molar-refractivity contribution in [3.63, 3.8) is 0 Å². The number of carbonyl (C=O) groups is 2. The summed E-state index contributed by atoms with van der Waals surface area (Å²) in [6.07, 6.45) is 0. The molecule has 27 heavy (non-hydrogen) atoms. The molecule has 2 N–H and O–H groups in total. The summed E-state index contributed by atoms with van der Waals surface area (Å²) < 4.78 is 0. The van der Waals surface area contributed by atoms with Gasteiger partial charge < -0.3 is 10.6 Å². The molecule has 3 rings (SSSR count). The van der Waals surface area contributed by atoms with E-state index in [1.807, 2.05) is 62.4 Å². The molecule has 0 fully saturated rings. The lowest BCUT2D eigenvalue weighted by Crippen LogP contribution is -2.22.